The van der Waals surface area contributed by atoms with Crippen molar-refractivity contribution in [2.24, 2.45) is 11.8 Å². The molecule has 3 nitrogen and oxygen atoms in total. The van der Waals surface area contributed by atoms with E-state index in [1.54, 1.807) is 12.1 Å². The lowest BCUT2D eigenvalue weighted by Crippen LogP contribution is -2.15. The molecule has 0 spiro atoms. The molecule has 0 aliphatic heterocycles. The number of unbranched alkanes of at least 4 members (excludes halogenated alkanes) is 4. The summed E-state index contributed by atoms with van der Waals surface area (Å²) in [6.07, 6.45) is 17.5. The molecule has 2 aromatic rings. The molecule has 0 saturated heterocycles. The van der Waals surface area contributed by atoms with Crippen molar-refractivity contribution in [3.05, 3.63) is 59.7 Å². The van der Waals surface area contributed by atoms with Gasteiger partial charge in [-0.1, -0.05) is 90.2 Å². The lowest BCUT2D eigenvalue weighted by atomic mass is 9.78. The van der Waals surface area contributed by atoms with Crippen LogP contribution in [0.1, 0.15) is 107 Å². The van der Waals surface area contributed by atoms with Crippen LogP contribution in [-0.4, -0.2) is 12.6 Å². The molecular weight excluding hydrogens is 420 g/mol. The Balaban J connectivity index is 1.28. The summed E-state index contributed by atoms with van der Waals surface area (Å²) in [6.45, 7) is 5.13. The van der Waals surface area contributed by atoms with Gasteiger partial charge in [0.1, 0.15) is 11.5 Å². The summed E-state index contributed by atoms with van der Waals surface area (Å²) in [5.41, 5.74) is 1.76. The van der Waals surface area contributed by atoms with E-state index in [2.05, 4.69) is 13.8 Å². The molecule has 34 heavy (non-hydrogen) atoms. The van der Waals surface area contributed by atoms with Gasteiger partial charge in [0.05, 0.1) is 12.2 Å². The fourth-order valence-electron chi connectivity index (χ4n) is 5.05. The Morgan fingerprint density at radius 1 is 0.735 bits per heavy atom. The first-order chi connectivity index (χ1) is 16.7. The quantitative estimate of drug-likeness (QED) is 0.159. The molecule has 0 aromatic heterocycles. The van der Waals surface area contributed by atoms with Crippen molar-refractivity contribution in [1.82, 2.24) is 0 Å². The van der Waals surface area contributed by atoms with Crippen LogP contribution in [0.15, 0.2) is 48.5 Å². The molecule has 0 atom stereocenters. The molecule has 0 bridgehead atoms. The smallest absolute Gasteiger partial charge is 0.343 e. The fourth-order valence-corrected chi connectivity index (χ4v) is 5.05. The third kappa shape index (κ3) is 9.16. The van der Waals surface area contributed by atoms with E-state index in [0.29, 0.717) is 11.3 Å². The minimum absolute atomic E-state index is 0.340. The van der Waals surface area contributed by atoms with Gasteiger partial charge >= 0.3 is 5.97 Å². The van der Waals surface area contributed by atoms with Gasteiger partial charge in [-0.3, -0.25) is 0 Å². The van der Waals surface area contributed by atoms with E-state index in [0.717, 1.165) is 37.0 Å². The number of esters is 1. The minimum Gasteiger partial charge on any atom is -0.494 e. The van der Waals surface area contributed by atoms with Gasteiger partial charge in [-0.2, -0.15) is 0 Å². The van der Waals surface area contributed by atoms with E-state index in [1.165, 1.54) is 76.2 Å². The number of carbonyl (C=O) groups excluding carboxylic acids is 1. The zero-order valence-corrected chi connectivity index (χ0v) is 21.4. The number of benzene rings is 2. The first-order valence-electron chi connectivity index (χ1n) is 13.7. The Hall–Kier alpha value is -2.29. The summed E-state index contributed by atoms with van der Waals surface area (Å²) < 4.78 is 11.4. The average molecular weight is 465 g/mol. The third-order valence-corrected chi connectivity index (χ3v) is 7.34. The molecule has 0 radical (unpaired) electrons. The van der Waals surface area contributed by atoms with Gasteiger partial charge < -0.3 is 9.47 Å². The molecule has 2 aromatic carbocycles. The number of rotatable bonds is 14. The molecule has 186 valence electrons. The fraction of sp³-hybridized carbons (Fsp3) is 0.581. The first-order valence-corrected chi connectivity index (χ1v) is 13.7. The molecule has 1 fully saturated rings. The number of hydrogen-bond acceptors (Lipinski definition) is 3. The van der Waals surface area contributed by atoms with Crippen LogP contribution in [-0.2, 0) is 6.42 Å². The van der Waals surface area contributed by atoms with E-state index in [-0.39, 0.29) is 5.97 Å². The summed E-state index contributed by atoms with van der Waals surface area (Å²) in [6, 6.07) is 14.9. The second-order valence-corrected chi connectivity index (χ2v) is 9.99. The predicted molar refractivity (Wildman–Crippen MR) is 141 cm³/mol. The lowest BCUT2D eigenvalue weighted by molar-refractivity contribution is 0.0734. The van der Waals surface area contributed by atoms with Crippen molar-refractivity contribution in [2.75, 3.05) is 6.61 Å². The standard InChI is InChI=1S/C31H44O3/c1-3-5-6-7-8-10-26-12-14-27(15-13-26)11-9-24-33-29-22-18-28(19-23-29)31(32)34-30-20-16-25(4-2)17-21-30/h16-23,26-27H,3-15,24H2,1-2H3/t26-,27-. The van der Waals surface area contributed by atoms with Crippen molar-refractivity contribution in [3.63, 3.8) is 0 Å². The molecule has 1 aliphatic carbocycles. The normalized spacial score (nSPS) is 17.9. The van der Waals surface area contributed by atoms with Crippen LogP contribution in [0.4, 0.5) is 0 Å². The SMILES string of the molecule is CCCCCCC[C@H]1CC[C@H](CCCOc2ccc(C(=O)Oc3ccc(CC)cc3)cc2)CC1. The van der Waals surface area contributed by atoms with Gasteiger partial charge in [-0.05, 0) is 73.1 Å². The van der Waals surface area contributed by atoms with Crippen LogP contribution < -0.4 is 9.47 Å². The zero-order valence-electron chi connectivity index (χ0n) is 21.4. The van der Waals surface area contributed by atoms with Gasteiger partial charge in [0.15, 0.2) is 0 Å². The molecule has 0 N–H and O–H groups in total. The highest BCUT2D eigenvalue weighted by atomic mass is 16.5. The monoisotopic (exact) mass is 464 g/mol. The first kappa shape index (κ1) is 26.3. The maximum atomic E-state index is 12.4. The summed E-state index contributed by atoms with van der Waals surface area (Å²) >= 11 is 0. The van der Waals surface area contributed by atoms with Crippen LogP contribution in [0.25, 0.3) is 0 Å². The van der Waals surface area contributed by atoms with Crippen LogP contribution in [0, 0.1) is 11.8 Å². The largest absolute Gasteiger partial charge is 0.494 e. The highest BCUT2D eigenvalue weighted by Gasteiger charge is 2.20. The minimum atomic E-state index is -0.340. The van der Waals surface area contributed by atoms with Crippen LogP contribution in [0.2, 0.25) is 0 Å². The number of aryl methyl sites for hydroxylation is 1. The van der Waals surface area contributed by atoms with Gasteiger partial charge in [-0.25, -0.2) is 4.79 Å². The van der Waals surface area contributed by atoms with Gasteiger partial charge in [0.2, 0.25) is 0 Å². The van der Waals surface area contributed by atoms with Crippen molar-refractivity contribution < 1.29 is 14.3 Å². The van der Waals surface area contributed by atoms with Crippen molar-refractivity contribution in [1.29, 1.82) is 0 Å². The van der Waals surface area contributed by atoms with Crippen LogP contribution >= 0.6 is 0 Å². The molecule has 1 saturated carbocycles. The van der Waals surface area contributed by atoms with Crippen LogP contribution in [0.5, 0.6) is 11.5 Å². The average Bonchev–Trinajstić information content (AvgIpc) is 2.88. The van der Waals surface area contributed by atoms with E-state index in [4.69, 9.17) is 9.47 Å². The predicted octanol–water partition coefficient (Wildman–Crippen LogP) is 8.79. The van der Waals surface area contributed by atoms with E-state index < -0.39 is 0 Å². The molecule has 3 heteroatoms. The highest BCUT2D eigenvalue weighted by molar-refractivity contribution is 5.91. The maximum absolute atomic E-state index is 12.4. The Bertz CT molecular complexity index is 817. The summed E-state index contributed by atoms with van der Waals surface area (Å²) in [5.74, 6) is 2.91. The van der Waals surface area contributed by atoms with E-state index >= 15 is 0 Å². The van der Waals surface area contributed by atoms with Crippen molar-refractivity contribution in [2.45, 2.75) is 97.3 Å². The van der Waals surface area contributed by atoms with E-state index in [1.807, 2.05) is 36.4 Å². The molecule has 0 amide bonds. The molecule has 3 rings (SSSR count). The van der Waals surface area contributed by atoms with Gasteiger partial charge in [0.25, 0.3) is 0 Å². The molecular formula is C31H44O3. The van der Waals surface area contributed by atoms with Crippen molar-refractivity contribution >= 4 is 5.97 Å². The summed E-state index contributed by atoms with van der Waals surface area (Å²) in [4.78, 5) is 12.4. The number of hydrogen-bond donors (Lipinski definition) is 0. The van der Waals surface area contributed by atoms with E-state index in [9.17, 15) is 4.79 Å². The van der Waals surface area contributed by atoms with Gasteiger partial charge in [0, 0.05) is 0 Å². The molecule has 0 unspecified atom stereocenters. The third-order valence-electron chi connectivity index (χ3n) is 7.34. The highest BCUT2D eigenvalue weighted by Crippen LogP contribution is 2.34. The Labute approximate surface area is 207 Å². The van der Waals surface area contributed by atoms with Gasteiger partial charge in [-0.15, -0.1) is 0 Å². The second kappa shape index (κ2) is 14.9. The molecule has 1 aliphatic rings. The second-order valence-electron chi connectivity index (χ2n) is 9.99. The Morgan fingerprint density at radius 2 is 1.32 bits per heavy atom. The maximum Gasteiger partial charge on any atom is 0.343 e. The zero-order chi connectivity index (χ0) is 24.0. The summed E-state index contributed by atoms with van der Waals surface area (Å²) in [5, 5.41) is 0. The Kier molecular flexibility index (Phi) is 11.5. The van der Waals surface area contributed by atoms with Crippen LogP contribution in [0.3, 0.4) is 0 Å². The topological polar surface area (TPSA) is 35.5 Å². The summed E-state index contributed by atoms with van der Waals surface area (Å²) in [7, 11) is 0. The van der Waals surface area contributed by atoms with Crippen molar-refractivity contribution in [3.8, 4) is 11.5 Å². The Morgan fingerprint density at radius 3 is 1.94 bits per heavy atom. The number of carbonyl (C=O) groups is 1. The molecule has 0 heterocycles. The lowest BCUT2D eigenvalue weighted by Gasteiger charge is -2.28. The number of ether oxygens (including phenoxy) is 2.